The van der Waals surface area contributed by atoms with Gasteiger partial charge >= 0.3 is 6.09 Å². The number of allylic oxidation sites excluding steroid dienone is 1. The van der Waals surface area contributed by atoms with E-state index in [9.17, 15) is 4.79 Å². The Morgan fingerprint density at radius 3 is 2.94 bits per heavy atom. The second kappa shape index (κ2) is 3.73. The lowest BCUT2D eigenvalue weighted by Gasteiger charge is -2.33. The molecule has 2 bridgehead atoms. The molecule has 3 aliphatic rings. The first-order chi connectivity index (χ1) is 8.40. The third kappa shape index (κ3) is 1.83. The monoisotopic (exact) mass is 250 g/mol. The largest absolute Gasteiger partial charge is 0.444 e. The Balaban J connectivity index is 1.72. The summed E-state index contributed by atoms with van der Waals surface area (Å²) in [5.74, 6) is 1.84. The Bertz CT molecular complexity index is 399. The van der Waals surface area contributed by atoms with E-state index in [-0.39, 0.29) is 11.6 Å². The normalized spacial score (nSPS) is 40.9. The van der Waals surface area contributed by atoms with E-state index in [0.29, 0.717) is 17.8 Å². The molecule has 1 amide bonds. The molecule has 0 aromatic carbocycles. The molecular formula is C14H22N2O2. The van der Waals surface area contributed by atoms with E-state index in [1.807, 2.05) is 20.8 Å². The maximum Gasteiger partial charge on any atom is 0.408 e. The molecular weight excluding hydrogens is 228 g/mol. The van der Waals surface area contributed by atoms with Crippen LogP contribution in [0.1, 0.15) is 27.2 Å². The van der Waals surface area contributed by atoms with E-state index in [0.717, 1.165) is 19.5 Å². The molecule has 0 spiro atoms. The van der Waals surface area contributed by atoms with Gasteiger partial charge < -0.3 is 15.4 Å². The van der Waals surface area contributed by atoms with Crippen molar-refractivity contribution in [3.8, 4) is 0 Å². The molecule has 4 heteroatoms. The van der Waals surface area contributed by atoms with Crippen molar-refractivity contribution in [2.45, 2.75) is 38.3 Å². The Morgan fingerprint density at radius 2 is 2.22 bits per heavy atom. The van der Waals surface area contributed by atoms with Gasteiger partial charge in [-0.3, -0.25) is 0 Å². The van der Waals surface area contributed by atoms with Crippen LogP contribution >= 0.6 is 0 Å². The van der Waals surface area contributed by atoms with Crippen molar-refractivity contribution < 1.29 is 9.53 Å². The fourth-order valence-corrected chi connectivity index (χ4v) is 3.78. The van der Waals surface area contributed by atoms with Crippen LogP contribution in [0.5, 0.6) is 0 Å². The number of fused-ring (bicyclic) bond motifs is 5. The van der Waals surface area contributed by atoms with Crippen LogP contribution in [0, 0.1) is 17.8 Å². The fraction of sp³-hybridized carbons (Fsp3) is 0.786. The highest BCUT2D eigenvalue weighted by Crippen LogP contribution is 2.52. The van der Waals surface area contributed by atoms with Crippen LogP contribution in [0.2, 0.25) is 0 Å². The fourth-order valence-electron chi connectivity index (χ4n) is 3.78. The SMILES string of the molecule is CC(C)(C)OC(=O)NC12C=CC(C1)C1CNCC12. The summed E-state index contributed by atoms with van der Waals surface area (Å²) >= 11 is 0. The quantitative estimate of drug-likeness (QED) is 0.696. The van der Waals surface area contributed by atoms with Gasteiger partial charge in [-0.25, -0.2) is 4.79 Å². The smallest absolute Gasteiger partial charge is 0.408 e. The summed E-state index contributed by atoms with van der Waals surface area (Å²) < 4.78 is 5.39. The third-order valence-corrected chi connectivity index (χ3v) is 4.42. The molecule has 1 heterocycles. The summed E-state index contributed by atoms with van der Waals surface area (Å²) in [6, 6.07) is 0. The average molecular weight is 250 g/mol. The molecule has 18 heavy (non-hydrogen) atoms. The Morgan fingerprint density at radius 1 is 1.44 bits per heavy atom. The highest BCUT2D eigenvalue weighted by atomic mass is 16.6. The molecule has 4 nitrogen and oxygen atoms in total. The number of carbonyl (C=O) groups excluding carboxylic acids is 1. The number of amides is 1. The zero-order valence-electron chi connectivity index (χ0n) is 11.3. The van der Waals surface area contributed by atoms with Crippen LogP contribution in [-0.2, 0) is 4.74 Å². The molecule has 4 atom stereocenters. The molecule has 100 valence electrons. The zero-order valence-corrected chi connectivity index (χ0v) is 11.3. The van der Waals surface area contributed by atoms with E-state index in [1.54, 1.807) is 0 Å². The summed E-state index contributed by atoms with van der Waals surface area (Å²) in [6.07, 6.45) is 5.21. The number of nitrogens with one attached hydrogen (secondary N) is 2. The van der Waals surface area contributed by atoms with Gasteiger partial charge in [0.2, 0.25) is 0 Å². The first-order valence-electron chi connectivity index (χ1n) is 6.81. The highest BCUT2D eigenvalue weighted by Gasteiger charge is 2.57. The Labute approximate surface area is 108 Å². The van der Waals surface area contributed by atoms with E-state index in [2.05, 4.69) is 22.8 Å². The summed E-state index contributed by atoms with van der Waals surface area (Å²) in [6.45, 7) is 7.77. The minimum absolute atomic E-state index is 0.166. The van der Waals surface area contributed by atoms with Gasteiger partial charge in [0.15, 0.2) is 0 Å². The van der Waals surface area contributed by atoms with E-state index >= 15 is 0 Å². The highest BCUT2D eigenvalue weighted by molar-refractivity contribution is 5.70. The lowest BCUT2D eigenvalue weighted by atomic mass is 9.81. The van der Waals surface area contributed by atoms with Crippen molar-refractivity contribution in [3.05, 3.63) is 12.2 Å². The van der Waals surface area contributed by atoms with Crippen molar-refractivity contribution in [1.82, 2.24) is 10.6 Å². The lowest BCUT2D eigenvalue weighted by molar-refractivity contribution is 0.0459. The van der Waals surface area contributed by atoms with Crippen LogP contribution < -0.4 is 10.6 Å². The van der Waals surface area contributed by atoms with Gasteiger partial charge in [-0.05, 0) is 45.6 Å². The minimum atomic E-state index is -0.436. The predicted molar refractivity (Wildman–Crippen MR) is 69.2 cm³/mol. The van der Waals surface area contributed by atoms with Crippen molar-refractivity contribution in [2.24, 2.45) is 17.8 Å². The zero-order chi connectivity index (χ0) is 13.0. The number of rotatable bonds is 1. The second-order valence-electron chi connectivity index (χ2n) is 6.82. The summed E-state index contributed by atoms with van der Waals surface area (Å²) in [4.78, 5) is 12.0. The molecule has 2 aliphatic carbocycles. The average Bonchev–Trinajstić information content (AvgIpc) is 2.82. The van der Waals surface area contributed by atoms with Crippen molar-refractivity contribution in [2.75, 3.05) is 13.1 Å². The van der Waals surface area contributed by atoms with Crippen molar-refractivity contribution in [3.63, 3.8) is 0 Å². The third-order valence-electron chi connectivity index (χ3n) is 4.42. The first-order valence-corrected chi connectivity index (χ1v) is 6.81. The molecule has 0 radical (unpaired) electrons. The van der Waals surface area contributed by atoms with Gasteiger partial charge in [-0.1, -0.05) is 12.2 Å². The predicted octanol–water partition coefficient (Wildman–Crippen LogP) is 1.68. The number of hydrogen-bond donors (Lipinski definition) is 2. The number of alkyl carbamates (subject to hydrolysis) is 1. The summed E-state index contributed by atoms with van der Waals surface area (Å²) in [5.41, 5.74) is -0.602. The molecule has 0 aromatic heterocycles. The molecule has 0 aromatic rings. The van der Waals surface area contributed by atoms with Crippen LogP contribution in [0.4, 0.5) is 4.79 Å². The van der Waals surface area contributed by atoms with E-state index < -0.39 is 5.60 Å². The molecule has 1 saturated carbocycles. The molecule has 3 rings (SSSR count). The molecule has 2 N–H and O–H groups in total. The first kappa shape index (κ1) is 12.0. The minimum Gasteiger partial charge on any atom is -0.444 e. The lowest BCUT2D eigenvalue weighted by Crippen LogP contribution is -2.52. The van der Waals surface area contributed by atoms with Gasteiger partial charge in [0.1, 0.15) is 5.60 Å². The van der Waals surface area contributed by atoms with Gasteiger partial charge in [0, 0.05) is 12.5 Å². The van der Waals surface area contributed by atoms with Crippen LogP contribution in [0.25, 0.3) is 0 Å². The van der Waals surface area contributed by atoms with Gasteiger partial charge in [0.05, 0.1) is 5.54 Å². The van der Waals surface area contributed by atoms with Crippen molar-refractivity contribution >= 4 is 6.09 Å². The van der Waals surface area contributed by atoms with E-state index in [1.165, 1.54) is 0 Å². The van der Waals surface area contributed by atoms with Gasteiger partial charge in [0.25, 0.3) is 0 Å². The Hall–Kier alpha value is -1.03. The standard InChI is InChI=1S/C14H22N2O2/c1-13(2,3)18-12(17)16-14-5-4-9(6-14)10-7-15-8-11(10)14/h4-5,9-11,15H,6-8H2,1-3H3,(H,16,17). The number of carbonyl (C=O) groups is 1. The Kier molecular flexibility index (Phi) is 2.49. The second-order valence-corrected chi connectivity index (χ2v) is 6.82. The van der Waals surface area contributed by atoms with Crippen molar-refractivity contribution in [1.29, 1.82) is 0 Å². The molecule has 1 saturated heterocycles. The van der Waals surface area contributed by atoms with Gasteiger partial charge in [-0.15, -0.1) is 0 Å². The maximum atomic E-state index is 12.0. The van der Waals surface area contributed by atoms with Gasteiger partial charge in [-0.2, -0.15) is 0 Å². The molecule has 4 unspecified atom stereocenters. The molecule has 1 aliphatic heterocycles. The van der Waals surface area contributed by atoms with Crippen LogP contribution in [-0.4, -0.2) is 30.3 Å². The number of hydrogen-bond acceptors (Lipinski definition) is 3. The maximum absolute atomic E-state index is 12.0. The number of ether oxygens (including phenoxy) is 1. The van der Waals surface area contributed by atoms with Crippen LogP contribution in [0.3, 0.4) is 0 Å². The summed E-state index contributed by atoms with van der Waals surface area (Å²) in [5, 5.41) is 6.56. The summed E-state index contributed by atoms with van der Waals surface area (Å²) in [7, 11) is 0. The van der Waals surface area contributed by atoms with E-state index in [4.69, 9.17) is 4.74 Å². The molecule has 2 fully saturated rings. The topological polar surface area (TPSA) is 50.4 Å². The van der Waals surface area contributed by atoms with Crippen LogP contribution in [0.15, 0.2) is 12.2 Å².